The number of para-hydroxylation sites is 2. The van der Waals surface area contributed by atoms with Crippen molar-refractivity contribution in [2.24, 2.45) is 0 Å². The van der Waals surface area contributed by atoms with Gasteiger partial charge in [0.2, 0.25) is 0 Å². The van der Waals surface area contributed by atoms with Crippen LogP contribution in [0.1, 0.15) is 22.3 Å². The number of hydrogen-bond donors (Lipinski definition) is 0. The zero-order valence-electron chi connectivity index (χ0n) is 21.6. The zero-order valence-corrected chi connectivity index (χ0v) is 21.6. The van der Waals surface area contributed by atoms with Gasteiger partial charge in [0.25, 0.3) is 0 Å². The molecule has 0 unspecified atom stereocenters. The molecule has 2 nitrogen and oxygen atoms in total. The summed E-state index contributed by atoms with van der Waals surface area (Å²) in [5, 5.41) is 0. The molecule has 40 heavy (non-hydrogen) atoms. The molecule has 186 valence electrons. The van der Waals surface area contributed by atoms with Gasteiger partial charge in [-0.25, -0.2) is 4.85 Å². The van der Waals surface area contributed by atoms with E-state index >= 15 is 0 Å². The second-order valence-corrected chi connectivity index (χ2v) is 10.4. The maximum Gasteiger partial charge on any atom is 0.187 e. The lowest BCUT2D eigenvalue weighted by Gasteiger charge is -2.42. The van der Waals surface area contributed by atoms with Gasteiger partial charge in [-0.1, -0.05) is 121 Å². The van der Waals surface area contributed by atoms with Gasteiger partial charge in [0.1, 0.15) is 11.5 Å². The van der Waals surface area contributed by atoms with E-state index in [1.54, 1.807) is 0 Å². The molecule has 0 radical (unpaired) electrons. The number of benzene rings is 6. The van der Waals surface area contributed by atoms with Gasteiger partial charge in [-0.3, -0.25) is 0 Å². The van der Waals surface area contributed by atoms with Crippen LogP contribution in [0, 0.1) is 6.57 Å². The number of hydrogen-bond acceptors (Lipinski definition) is 1. The summed E-state index contributed by atoms with van der Waals surface area (Å²) < 4.78 is 6.57. The van der Waals surface area contributed by atoms with E-state index in [9.17, 15) is 0 Å². The molecule has 0 saturated carbocycles. The molecular weight excluding hydrogens is 486 g/mol. The number of ether oxygens (including phenoxy) is 1. The fraction of sp³-hybridized carbons (Fsp3) is 0.0263. The Hall–Kier alpha value is -5.39. The minimum Gasteiger partial charge on any atom is -0.457 e. The molecule has 0 bridgehead atoms. The van der Waals surface area contributed by atoms with E-state index in [1.807, 2.05) is 36.4 Å². The Kier molecular flexibility index (Phi) is 4.83. The third-order valence-electron chi connectivity index (χ3n) is 8.39. The van der Waals surface area contributed by atoms with Crippen LogP contribution in [-0.4, -0.2) is 0 Å². The highest BCUT2D eigenvalue weighted by molar-refractivity contribution is 5.94. The standard InChI is InChI=1S/C38H23NO/c1-39-27-21-18-25(19-22-27)26-20-23-31-29-11-3-2-10-28(29)30-12-4-5-13-32(30)38(35(31)24-26)33-14-6-8-16-36(33)40-37-17-9-7-15-34(37)38/h2-24H. The van der Waals surface area contributed by atoms with Gasteiger partial charge >= 0.3 is 0 Å². The highest BCUT2D eigenvalue weighted by atomic mass is 16.5. The van der Waals surface area contributed by atoms with E-state index in [4.69, 9.17) is 11.3 Å². The van der Waals surface area contributed by atoms with Crippen molar-refractivity contribution in [3.05, 3.63) is 173 Å². The van der Waals surface area contributed by atoms with Crippen LogP contribution in [0.4, 0.5) is 5.69 Å². The summed E-state index contributed by atoms with van der Waals surface area (Å²) in [6.45, 7) is 7.39. The second-order valence-electron chi connectivity index (χ2n) is 10.4. The molecule has 6 aromatic rings. The number of fused-ring (bicyclic) bond motifs is 11. The smallest absolute Gasteiger partial charge is 0.187 e. The maximum atomic E-state index is 7.39. The lowest BCUT2D eigenvalue weighted by molar-refractivity contribution is 0.435. The summed E-state index contributed by atoms with van der Waals surface area (Å²) >= 11 is 0. The molecule has 2 aliphatic rings. The lowest BCUT2D eigenvalue weighted by atomic mass is 9.62. The van der Waals surface area contributed by atoms with Crippen LogP contribution < -0.4 is 4.74 Å². The molecule has 2 heteroatoms. The molecule has 6 aromatic carbocycles. The van der Waals surface area contributed by atoms with E-state index in [2.05, 4.69) is 108 Å². The summed E-state index contributed by atoms with van der Waals surface area (Å²) in [5.41, 5.74) is 11.9. The number of rotatable bonds is 1. The molecule has 1 spiro atoms. The molecule has 0 aromatic heterocycles. The zero-order chi connectivity index (χ0) is 26.7. The molecule has 8 rings (SSSR count). The topological polar surface area (TPSA) is 13.6 Å². The first kappa shape index (κ1) is 22.6. The average molecular weight is 510 g/mol. The molecule has 0 fully saturated rings. The van der Waals surface area contributed by atoms with Gasteiger partial charge in [0, 0.05) is 11.1 Å². The lowest BCUT2D eigenvalue weighted by Crippen LogP contribution is -2.34. The van der Waals surface area contributed by atoms with E-state index in [0.717, 1.165) is 33.8 Å². The molecule has 1 heterocycles. The summed E-state index contributed by atoms with van der Waals surface area (Å²) in [6, 6.07) is 49.3. The normalized spacial score (nSPS) is 13.4. The molecule has 0 saturated heterocycles. The summed E-state index contributed by atoms with van der Waals surface area (Å²) in [4.78, 5) is 3.59. The van der Waals surface area contributed by atoms with Crippen molar-refractivity contribution in [2.45, 2.75) is 5.41 Å². The van der Waals surface area contributed by atoms with Crippen LogP contribution in [-0.2, 0) is 5.41 Å². The second kappa shape index (κ2) is 8.56. The molecular formula is C38H23NO. The molecule has 0 amide bonds. The molecule has 1 aliphatic heterocycles. The molecule has 0 atom stereocenters. The van der Waals surface area contributed by atoms with Crippen LogP contribution in [0.25, 0.3) is 38.2 Å². The SMILES string of the molecule is [C-]#[N+]c1ccc(-c2ccc3c(c2)C2(c4ccccc4Oc4ccccc42)c2ccccc2-c2ccccc2-3)cc1. The first-order valence-electron chi connectivity index (χ1n) is 13.5. The largest absolute Gasteiger partial charge is 0.457 e. The van der Waals surface area contributed by atoms with Gasteiger partial charge < -0.3 is 4.74 Å². The first-order valence-corrected chi connectivity index (χ1v) is 13.5. The van der Waals surface area contributed by atoms with Gasteiger partial charge in [-0.2, -0.15) is 0 Å². The van der Waals surface area contributed by atoms with E-state index < -0.39 is 5.41 Å². The summed E-state index contributed by atoms with van der Waals surface area (Å²) in [6.07, 6.45) is 0. The van der Waals surface area contributed by atoms with E-state index in [-0.39, 0.29) is 0 Å². The molecule has 1 aliphatic carbocycles. The first-order chi connectivity index (χ1) is 19.8. The van der Waals surface area contributed by atoms with Crippen molar-refractivity contribution in [1.82, 2.24) is 0 Å². The van der Waals surface area contributed by atoms with Crippen molar-refractivity contribution >= 4 is 5.69 Å². The minimum absolute atomic E-state index is 0.608. The van der Waals surface area contributed by atoms with Gasteiger partial charge in [0.05, 0.1) is 12.0 Å². The maximum absolute atomic E-state index is 7.39. The van der Waals surface area contributed by atoms with Gasteiger partial charge in [-0.05, 0) is 62.7 Å². The predicted octanol–water partition coefficient (Wildman–Crippen LogP) is 10.0. The Morgan fingerprint density at radius 3 is 1.57 bits per heavy atom. The fourth-order valence-electron chi connectivity index (χ4n) is 6.72. The Balaban J connectivity index is 1.57. The Bertz CT molecular complexity index is 1950. The monoisotopic (exact) mass is 509 g/mol. The quantitative estimate of drug-likeness (QED) is 0.201. The van der Waals surface area contributed by atoms with Crippen molar-refractivity contribution in [1.29, 1.82) is 0 Å². The highest BCUT2D eigenvalue weighted by Crippen LogP contribution is 2.60. The van der Waals surface area contributed by atoms with Crippen molar-refractivity contribution in [3.63, 3.8) is 0 Å². The fourth-order valence-corrected chi connectivity index (χ4v) is 6.72. The minimum atomic E-state index is -0.608. The van der Waals surface area contributed by atoms with Crippen LogP contribution in [0.3, 0.4) is 0 Å². The summed E-state index contributed by atoms with van der Waals surface area (Å²) in [5.74, 6) is 1.75. The Morgan fingerprint density at radius 1 is 0.450 bits per heavy atom. The number of nitrogens with zero attached hydrogens (tertiary/aromatic N) is 1. The highest BCUT2D eigenvalue weighted by Gasteiger charge is 2.49. The third kappa shape index (κ3) is 3.04. The van der Waals surface area contributed by atoms with Gasteiger partial charge in [0.15, 0.2) is 5.69 Å². The van der Waals surface area contributed by atoms with Crippen LogP contribution in [0.5, 0.6) is 11.5 Å². The van der Waals surface area contributed by atoms with Crippen molar-refractivity contribution < 1.29 is 4.74 Å². The Morgan fingerprint density at radius 2 is 0.950 bits per heavy atom. The predicted molar refractivity (Wildman–Crippen MR) is 161 cm³/mol. The molecule has 0 N–H and O–H groups in total. The van der Waals surface area contributed by atoms with Crippen LogP contribution in [0.2, 0.25) is 0 Å². The van der Waals surface area contributed by atoms with Crippen LogP contribution in [0.15, 0.2) is 140 Å². The van der Waals surface area contributed by atoms with Crippen LogP contribution >= 0.6 is 0 Å². The van der Waals surface area contributed by atoms with Gasteiger partial charge in [-0.15, -0.1) is 0 Å². The third-order valence-corrected chi connectivity index (χ3v) is 8.39. The van der Waals surface area contributed by atoms with Crippen molar-refractivity contribution in [3.8, 4) is 44.9 Å². The van der Waals surface area contributed by atoms with Crippen molar-refractivity contribution in [2.75, 3.05) is 0 Å². The Labute approximate surface area is 233 Å². The van der Waals surface area contributed by atoms with E-state index in [1.165, 1.54) is 33.4 Å². The van der Waals surface area contributed by atoms with E-state index in [0.29, 0.717) is 5.69 Å². The summed E-state index contributed by atoms with van der Waals surface area (Å²) in [7, 11) is 0. The average Bonchev–Trinajstić information content (AvgIpc) is 3.13.